The third-order valence-electron chi connectivity index (χ3n) is 3.45. The van der Waals surface area contributed by atoms with Crippen molar-refractivity contribution < 1.29 is 4.39 Å². The fourth-order valence-corrected chi connectivity index (χ4v) is 2.51. The summed E-state index contributed by atoms with van der Waals surface area (Å²) in [4.78, 5) is 4.16. The number of nitrogens with zero attached hydrogens (tertiary/aromatic N) is 2. The average Bonchev–Trinajstić information content (AvgIpc) is 2.98. The Morgan fingerprint density at radius 3 is 3.06 bits per heavy atom. The minimum Gasteiger partial charge on any atom is -0.309 e. The zero-order valence-electron chi connectivity index (χ0n) is 10.4. The van der Waals surface area contributed by atoms with Crippen LogP contribution in [0, 0.1) is 12.7 Å². The van der Waals surface area contributed by atoms with Crippen LogP contribution in [0.1, 0.15) is 30.1 Å². The van der Waals surface area contributed by atoms with Gasteiger partial charge in [-0.05, 0) is 44.0 Å². The molecule has 0 bridgehead atoms. The van der Waals surface area contributed by atoms with Gasteiger partial charge in [0.15, 0.2) is 0 Å². The van der Waals surface area contributed by atoms with E-state index in [0.29, 0.717) is 5.69 Å². The lowest BCUT2D eigenvalue weighted by atomic mass is 10.1. The molecule has 0 amide bonds. The molecule has 1 aliphatic rings. The summed E-state index contributed by atoms with van der Waals surface area (Å²) in [5.41, 5.74) is 2.54. The molecule has 1 aliphatic heterocycles. The summed E-state index contributed by atoms with van der Waals surface area (Å²) in [6.07, 6.45) is 5.75. The molecule has 0 aliphatic carbocycles. The summed E-state index contributed by atoms with van der Waals surface area (Å²) in [6, 6.07) is 5.57. The Morgan fingerprint density at radius 2 is 2.33 bits per heavy atom. The highest BCUT2D eigenvalue weighted by Crippen LogP contribution is 2.26. The Hall–Kier alpha value is -1.68. The largest absolute Gasteiger partial charge is 0.309 e. The van der Waals surface area contributed by atoms with Crippen molar-refractivity contribution in [2.24, 2.45) is 0 Å². The zero-order chi connectivity index (χ0) is 12.5. The van der Waals surface area contributed by atoms with Crippen LogP contribution >= 0.6 is 0 Å². The van der Waals surface area contributed by atoms with Crippen LogP contribution in [-0.4, -0.2) is 16.1 Å². The molecule has 1 atom stereocenters. The number of hydrogen-bond donors (Lipinski definition) is 1. The molecule has 1 saturated heterocycles. The van der Waals surface area contributed by atoms with Crippen LogP contribution < -0.4 is 5.32 Å². The summed E-state index contributed by atoms with van der Waals surface area (Å²) in [7, 11) is 0. The molecule has 0 radical (unpaired) electrons. The Balaban J connectivity index is 2.03. The van der Waals surface area contributed by atoms with Crippen molar-refractivity contribution in [3.63, 3.8) is 0 Å². The van der Waals surface area contributed by atoms with E-state index < -0.39 is 0 Å². The first kappa shape index (κ1) is 11.4. The molecule has 0 spiro atoms. The number of aromatic nitrogens is 2. The Kier molecular flexibility index (Phi) is 2.88. The molecule has 3 rings (SSSR count). The third kappa shape index (κ3) is 1.93. The summed E-state index contributed by atoms with van der Waals surface area (Å²) in [6.45, 7) is 2.91. The van der Waals surface area contributed by atoms with Gasteiger partial charge < -0.3 is 5.32 Å². The van der Waals surface area contributed by atoms with Gasteiger partial charge in [0.1, 0.15) is 5.82 Å². The van der Waals surface area contributed by atoms with Gasteiger partial charge in [0.25, 0.3) is 0 Å². The van der Waals surface area contributed by atoms with Gasteiger partial charge in [0, 0.05) is 6.04 Å². The molecule has 1 unspecified atom stereocenters. The van der Waals surface area contributed by atoms with E-state index >= 15 is 0 Å². The highest BCUT2D eigenvalue weighted by molar-refractivity contribution is 5.38. The number of nitrogens with one attached hydrogen (secondary N) is 1. The highest BCUT2D eigenvalue weighted by Gasteiger charge is 2.21. The van der Waals surface area contributed by atoms with Gasteiger partial charge in [-0.3, -0.25) is 4.57 Å². The van der Waals surface area contributed by atoms with Crippen LogP contribution in [0.4, 0.5) is 4.39 Å². The lowest BCUT2D eigenvalue weighted by Crippen LogP contribution is -2.16. The summed E-state index contributed by atoms with van der Waals surface area (Å²) >= 11 is 0. The van der Waals surface area contributed by atoms with E-state index in [1.165, 1.54) is 0 Å². The number of imidazole rings is 1. The fourth-order valence-electron chi connectivity index (χ4n) is 2.51. The fraction of sp³-hybridized carbons (Fsp3) is 0.357. The van der Waals surface area contributed by atoms with Crippen molar-refractivity contribution in [3.05, 3.63) is 47.8 Å². The summed E-state index contributed by atoms with van der Waals surface area (Å²) in [5.74, 6) is -0.202. The SMILES string of the molecule is Cc1ccc(-n2cncc2C2CCCN2)c(F)c1. The molecular formula is C14H16FN3. The lowest BCUT2D eigenvalue weighted by Gasteiger charge is -2.14. The number of benzene rings is 1. The molecule has 1 N–H and O–H groups in total. The predicted molar refractivity (Wildman–Crippen MR) is 68.2 cm³/mol. The number of rotatable bonds is 2. The van der Waals surface area contributed by atoms with E-state index in [0.717, 1.165) is 30.6 Å². The molecule has 18 heavy (non-hydrogen) atoms. The van der Waals surface area contributed by atoms with Crippen molar-refractivity contribution in [1.82, 2.24) is 14.9 Å². The molecule has 0 saturated carbocycles. The first-order valence-corrected chi connectivity index (χ1v) is 6.28. The minimum absolute atomic E-state index is 0.202. The van der Waals surface area contributed by atoms with E-state index in [2.05, 4.69) is 10.3 Å². The van der Waals surface area contributed by atoms with E-state index in [1.54, 1.807) is 12.4 Å². The number of halogens is 1. The maximum absolute atomic E-state index is 14.0. The quantitative estimate of drug-likeness (QED) is 0.881. The van der Waals surface area contributed by atoms with E-state index in [9.17, 15) is 4.39 Å². The normalized spacial score (nSPS) is 19.3. The minimum atomic E-state index is -0.202. The van der Waals surface area contributed by atoms with Crippen LogP contribution in [0.5, 0.6) is 0 Å². The number of aryl methyl sites for hydroxylation is 1. The van der Waals surface area contributed by atoms with E-state index in [1.807, 2.05) is 29.8 Å². The van der Waals surface area contributed by atoms with E-state index in [4.69, 9.17) is 0 Å². The molecule has 2 heterocycles. The Bertz CT molecular complexity index is 556. The zero-order valence-corrected chi connectivity index (χ0v) is 10.4. The first-order chi connectivity index (χ1) is 8.75. The second-order valence-corrected chi connectivity index (χ2v) is 4.79. The van der Waals surface area contributed by atoms with Crippen molar-refractivity contribution in [3.8, 4) is 5.69 Å². The van der Waals surface area contributed by atoms with Gasteiger partial charge in [-0.15, -0.1) is 0 Å². The standard InChI is InChI=1S/C14H16FN3/c1-10-4-5-13(11(15)7-10)18-9-16-8-14(18)12-3-2-6-17-12/h4-5,7-9,12,17H,2-3,6H2,1H3. The lowest BCUT2D eigenvalue weighted by molar-refractivity contribution is 0.590. The molecule has 2 aromatic rings. The molecule has 1 aromatic carbocycles. The van der Waals surface area contributed by atoms with Crippen LogP contribution in [0.2, 0.25) is 0 Å². The van der Waals surface area contributed by atoms with E-state index in [-0.39, 0.29) is 11.9 Å². The van der Waals surface area contributed by atoms with Crippen molar-refractivity contribution in [2.45, 2.75) is 25.8 Å². The Morgan fingerprint density at radius 1 is 1.44 bits per heavy atom. The van der Waals surface area contributed by atoms with Crippen LogP contribution in [0.3, 0.4) is 0 Å². The van der Waals surface area contributed by atoms with Gasteiger partial charge >= 0.3 is 0 Å². The van der Waals surface area contributed by atoms with Crippen molar-refractivity contribution in [2.75, 3.05) is 6.54 Å². The Labute approximate surface area is 106 Å². The second kappa shape index (κ2) is 4.53. The van der Waals surface area contributed by atoms with Gasteiger partial charge in [0.05, 0.1) is 23.9 Å². The van der Waals surface area contributed by atoms with Crippen molar-refractivity contribution in [1.29, 1.82) is 0 Å². The maximum atomic E-state index is 14.0. The van der Waals surface area contributed by atoms with Crippen molar-refractivity contribution >= 4 is 0 Å². The molecule has 3 nitrogen and oxygen atoms in total. The average molecular weight is 245 g/mol. The smallest absolute Gasteiger partial charge is 0.147 e. The van der Waals surface area contributed by atoms with Gasteiger partial charge in [-0.25, -0.2) is 9.37 Å². The molecule has 1 fully saturated rings. The second-order valence-electron chi connectivity index (χ2n) is 4.79. The molecular weight excluding hydrogens is 229 g/mol. The summed E-state index contributed by atoms with van der Waals surface area (Å²) in [5, 5.41) is 3.42. The van der Waals surface area contributed by atoms with Gasteiger partial charge in [-0.1, -0.05) is 6.07 Å². The summed E-state index contributed by atoms with van der Waals surface area (Å²) < 4.78 is 15.9. The van der Waals surface area contributed by atoms with Crippen LogP contribution in [0.15, 0.2) is 30.7 Å². The first-order valence-electron chi connectivity index (χ1n) is 6.28. The predicted octanol–water partition coefficient (Wildman–Crippen LogP) is 2.74. The topological polar surface area (TPSA) is 29.9 Å². The van der Waals surface area contributed by atoms with Crippen LogP contribution in [-0.2, 0) is 0 Å². The van der Waals surface area contributed by atoms with Crippen LogP contribution in [0.25, 0.3) is 5.69 Å². The molecule has 1 aromatic heterocycles. The highest BCUT2D eigenvalue weighted by atomic mass is 19.1. The molecule has 94 valence electrons. The van der Waals surface area contributed by atoms with Gasteiger partial charge in [-0.2, -0.15) is 0 Å². The number of hydrogen-bond acceptors (Lipinski definition) is 2. The third-order valence-corrected chi connectivity index (χ3v) is 3.45. The molecule has 4 heteroatoms. The monoisotopic (exact) mass is 245 g/mol. The maximum Gasteiger partial charge on any atom is 0.147 e. The van der Waals surface area contributed by atoms with Gasteiger partial charge in [0.2, 0.25) is 0 Å².